The maximum atomic E-state index is 12.1. The summed E-state index contributed by atoms with van der Waals surface area (Å²) in [5, 5.41) is 3.81. The molecule has 2 aromatic rings. The lowest BCUT2D eigenvalue weighted by molar-refractivity contribution is 0.362. The molecule has 0 amide bonds. The zero-order chi connectivity index (χ0) is 16.7. The summed E-state index contributed by atoms with van der Waals surface area (Å²) in [7, 11) is -3.68. The highest BCUT2D eigenvalue weighted by Gasteiger charge is 2.11. The fraction of sp³-hybridized carbons (Fsp3) is 0.118. The van der Waals surface area contributed by atoms with E-state index < -0.39 is 10.0 Å². The predicted octanol–water partition coefficient (Wildman–Crippen LogP) is 2.87. The van der Waals surface area contributed by atoms with E-state index in [-0.39, 0.29) is 4.90 Å². The van der Waals surface area contributed by atoms with E-state index in [1.54, 1.807) is 30.3 Å². The van der Waals surface area contributed by atoms with Gasteiger partial charge in [-0.3, -0.25) is 0 Å². The maximum absolute atomic E-state index is 12.1. The molecule has 0 spiro atoms. The van der Waals surface area contributed by atoms with Gasteiger partial charge in [-0.15, -0.1) is 0 Å². The molecule has 0 aromatic heterocycles. The van der Waals surface area contributed by atoms with Crippen molar-refractivity contribution in [1.29, 1.82) is 0 Å². The molecule has 0 aliphatic rings. The van der Waals surface area contributed by atoms with Gasteiger partial charge in [-0.25, -0.2) is 4.83 Å². The normalized spacial score (nSPS) is 11.3. The summed E-state index contributed by atoms with van der Waals surface area (Å²) in [6.45, 7) is 5.84. The highest BCUT2D eigenvalue weighted by atomic mass is 32.2. The zero-order valence-electron chi connectivity index (χ0n) is 12.8. The molecular weight excluding hydrogens is 312 g/mol. The standard InChI is InChI=1S/C17H18N2O3S/c1-3-12-22-17-7-5-4-6-15(17)13-18-19-23(20,21)16-10-8-14(2)9-11-16/h3-11,13,19H,1,12H2,2H3. The monoisotopic (exact) mass is 330 g/mol. The van der Waals surface area contributed by atoms with Gasteiger partial charge in [0.1, 0.15) is 12.4 Å². The van der Waals surface area contributed by atoms with Crippen LogP contribution in [0.15, 0.2) is 71.2 Å². The molecule has 0 heterocycles. The van der Waals surface area contributed by atoms with Crippen LogP contribution in [0, 0.1) is 6.92 Å². The molecule has 1 N–H and O–H groups in total. The van der Waals surface area contributed by atoms with Crippen molar-refractivity contribution in [3.63, 3.8) is 0 Å². The van der Waals surface area contributed by atoms with E-state index in [9.17, 15) is 8.42 Å². The van der Waals surface area contributed by atoms with E-state index in [0.29, 0.717) is 17.9 Å². The molecule has 0 unspecified atom stereocenters. The second-order valence-electron chi connectivity index (χ2n) is 4.80. The van der Waals surface area contributed by atoms with Gasteiger partial charge in [0.05, 0.1) is 11.1 Å². The van der Waals surface area contributed by atoms with Gasteiger partial charge in [0.15, 0.2) is 0 Å². The molecule has 0 saturated carbocycles. The van der Waals surface area contributed by atoms with Gasteiger partial charge >= 0.3 is 0 Å². The molecule has 2 rings (SSSR count). The first-order valence-electron chi connectivity index (χ1n) is 6.97. The Labute approximate surface area is 136 Å². The summed E-state index contributed by atoms with van der Waals surface area (Å²) in [6, 6.07) is 13.7. The van der Waals surface area contributed by atoms with E-state index >= 15 is 0 Å². The lowest BCUT2D eigenvalue weighted by Gasteiger charge is -2.07. The summed E-state index contributed by atoms with van der Waals surface area (Å²) in [5.41, 5.74) is 1.65. The predicted molar refractivity (Wildman–Crippen MR) is 91.2 cm³/mol. The molecule has 0 aliphatic heterocycles. The number of ether oxygens (including phenoxy) is 1. The van der Waals surface area contributed by atoms with Gasteiger partial charge in [-0.05, 0) is 31.2 Å². The van der Waals surface area contributed by atoms with Gasteiger partial charge in [0, 0.05) is 5.56 Å². The molecule has 0 saturated heterocycles. The number of aryl methyl sites for hydroxylation is 1. The van der Waals surface area contributed by atoms with E-state index in [2.05, 4.69) is 16.5 Å². The van der Waals surface area contributed by atoms with Crippen LogP contribution in [0.2, 0.25) is 0 Å². The van der Waals surface area contributed by atoms with Crippen molar-refractivity contribution in [3.05, 3.63) is 72.3 Å². The van der Waals surface area contributed by atoms with Gasteiger partial charge in [0.25, 0.3) is 10.0 Å². The summed E-state index contributed by atoms with van der Waals surface area (Å²) < 4.78 is 29.7. The Hall–Kier alpha value is -2.60. The first-order valence-corrected chi connectivity index (χ1v) is 8.45. The molecule has 2 aromatic carbocycles. The number of nitrogens with zero attached hydrogens (tertiary/aromatic N) is 1. The summed E-state index contributed by atoms with van der Waals surface area (Å²) in [4.78, 5) is 2.36. The van der Waals surface area contributed by atoms with Crippen LogP contribution < -0.4 is 9.57 Å². The number of benzene rings is 2. The quantitative estimate of drug-likeness (QED) is 0.482. The van der Waals surface area contributed by atoms with Crippen molar-refractivity contribution >= 4 is 16.2 Å². The van der Waals surface area contributed by atoms with E-state index in [0.717, 1.165) is 5.56 Å². The number of hydrogen-bond donors (Lipinski definition) is 1. The van der Waals surface area contributed by atoms with Crippen molar-refractivity contribution in [1.82, 2.24) is 4.83 Å². The maximum Gasteiger partial charge on any atom is 0.276 e. The number of sulfonamides is 1. The Morgan fingerprint density at radius 2 is 1.87 bits per heavy atom. The van der Waals surface area contributed by atoms with Crippen molar-refractivity contribution in [2.75, 3.05) is 6.61 Å². The van der Waals surface area contributed by atoms with Gasteiger partial charge in [-0.2, -0.15) is 13.5 Å². The Balaban J connectivity index is 2.12. The fourth-order valence-corrected chi connectivity index (χ4v) is 2.59. The summed E-state index contributed by atoms with van der Waals surface area (Å²) >= 11 is 0. The molecule has 23 heavy (non-hydrogen) atoms. The average molecular weight is 330 g/mol. The van der Waals surface area contributed by atoms with Crippen LogP contribution in [0.4, 0.5) is 0 Å². The number of rotatable bonds is 7. The van der Waals surface area contributed by atoms with Crippen LogP contribution in [-0.4, -0.2) is 21.2 Å². The van der Waals surface area contributed by atoms with Crippen molar-refractivity contribution in [2.45, 2.75) is 11.8 Å². The van der Waals surface area contributed by atoms with Crippen LogP contribution in [-0.2, 0) is 10.0 Å². The van der Waals surface area contributed by atoms with Crippen LogP contribution >= 0.6 is 0 Å². The largest absolute Gasteiger partial charge is 0.489 e. The minimum absolute atomic E-state index is 0.163. The lowest BCUT2D eigenvalue weighted by atomic mass is 10.2. The van der Waals surface area contributed by atoms with Crippen molar-refractivity contribution in [2.24, 2.45) is 5.10 Å². The SMILES string of the molecule is C=CCOc1ccccc1C=NNS(=O)(=O)c1ccc(C)cc1. The van der Waals surface area contributed by atoms with Crippen LogP contribution in [0.5, 0.6) is 5.75 Å². The Kier molecular flexibility index (Phi) is 5.54. The Bertz CT molecular complexity index is 797. The fourth-order valence-electron chi connectivity index (χ4n) is 1.80. The van der Waals surface area contributed by atoms with E-state index in [4.69, 9.17) is 4.74 Å². The molecule has 0 aliphatic carbocycles. The van der Waals surface area contributed by atoms with Gasteiger partial charge < -0.3 is 4.74 Å². The third kappa shape index (κ3) is 4.69. The molecule has 120 valence electrons. The number of para-hydroxylation sites is 1. The third-order valence-electron chi connectivity index (χ3n) is 2.98. The number of nitrogens with one attached hydrogen (secondary N) is 1. The number of hydrazone groups is 1. The topological polar surface area (TPSA) is 67.8 Å². The minimum atomic E-state index is -3.68. The molecule has 0 radical (unpaired) electrons. The molecule has 0 atom stereocenters. The smallest absolute Gasteiger partial charge is 0.276 e. The first-order chi connectivity index (χ1) is 11.0. The highest BCUT2D eigenvalue weighted by Crippen LogP contribution is 2.16. The number of hydrogen-bond acceptors (Lipinski definition) is 4. The minimum Gasteiger partial charge on any atom is -0.489 e. The average Bonchev–Trinajstić information content (AvgIpc) is 2.54. The van der Waals surface area contributed by atoms with E-state index in [1.807, 2.05) is 19.1 Å². The van der Waals surface area contributed by atoms with Gasteiger partial charge in [-0.1, -0.05) is 42.5 Å². The third-order valence-corrected chi connectivity index (χ3v) is 4.22. The molecule has 6 heteroatoms. The van der Waals surface area contributed by atoms with E-state index in [1.165, 1.54) is 18.3 Å². The van der Waals surface area contributed by atoms with Crippen molar-refractivity contribution in [3.8, 4) is 5.75 Å². The van der Waals surface area contributed by atoms with Gasteiger partial charge in [0.2, 0.25) is 0 Å². The summed E-state index contributed by atoms with van der Waals surface area (Å²) in [5.74, 6) is 0.602. The molecular formula is C17H18N2O3S. The zero-order valence-corrected chi connectivity index (χ0v) is 13.6. The van der Waals surface area contributed by atoms with Crippen LogP contribution in [0.3, 0.4) is 0 Å². The molecule has 5 nitrogen and oxygen atoms in total. The second-order valence-corrected chi connectivity index (χ2v) is 6.46. The van der Waals surface area contributed by atoms with Crippen LogP contribution in [0.25, 0.3) is 0 Å². The molecule has 0 bridgehead atoms. The Morgan fingerprint density at radius 1 is 1.17 bits per heavy atom. The van der Waals surface area contributed by atoms with Crippen molar-refractivity contribution < 1.29 is 13.2 Å². The summed E-state index contributed by atoms with van der Waals surface area (Å²) in [6.07, 6.45) is 3.04. The van der Waals surface area contributed by atoms with Crippen LogP contribution in [0.1, 0.15) is 11.1 Å². The molecule has 0 fully saturated rings. The highest BCUT2D eigenvalue weighted by molar-refractivity contribution is 7.89. The Morgan fingerprint density at radius 3 is 2.57 bits per heavy atom. The lowest BCUT2D eigenvalue weighted by Crippen LogP contribution is -2.18. The second kappa shape index (κ2) is 7.60. The first kappa shape index (κ1) is 16.8.